The molecule has 9 nitrogen and oxygen atoms in total. The van der Waals surface area contributed by atoms with E-state index >= 15 is 0 Å². The average Bonchev–Trinajstić information content (AvgIpc) is 3.51. The third kappa shape index (κ3) is 7.79. The quantitative estimate of drug-likeness (QED) is 0.298. The number of morpholine rings is 1. The number of amides is 1. The molecular formula is C34H43N3O6S. The van der Waals surface area contributed by atoms with Crippen molar-refractivity contribution < 1.29 is 27.8 Å². The van der Waals surface area contributed by atoms with Gasteiger partial charge in [-0.05, 0) is 77.9 Å². The van der Waals surface area contributed by atoms with Gasteiger partial charge in [0.25, 0.3) is 0 Å². The molecule has 0 saturated carbocycles. The van der Waals surface area contributed by atoms with Gasteiger partial charge in [0.1, 0.15) is 12.4 Å². The topological polar surface area (TPSA) is 122 Å². The number of nitrogens with two attached hydrogens (primary N) is 1. The van der Waals surface area contributed by atoms with Gasteiger partial charge in [-0.1, -0.05) is 31.2 Å². The van der Waals surface area contributed by atoms with Gasteiger partial charge < -0.3 is 25.2 Å². The van der Waals surface area contributed by atoms with Crippen LogP contribution in [0.25, 0.3) is 0 Å². The van der Waals surface area contributed by atoms with Crippen molar-refractivity contribution in [2.45, 2.75) is 30.6 Å². The van der Waals surface area contributed by atoms with Crippen LogP contribution >= 0.6 is 0 Å². The third-order valence-electron chi connectivity index (χ3n) is 8.76. The summed E-state index contributed by atoms with van der Waals surface area (Å²) in [6, 6.07) is 20.5. The normalized spacial score (nSPS) is 18.3. The molecule has 0 radical (unpaired) electrons. The lowest BCUT2D eigenvalue weighted by atomic mass is 9.88. The number of sulfone groups is 1. The molecule has 2 heterocycles. The number of benzene rings is 3. The Balaban J connectivity index is 1.23. The lowest BCUT2D eigenvalue weighted by Crippen LogP contribution is -2.38. The Morgan fingerprint density at radius 1 is 1.05 bits per heavy atom. The van der Waals surface area contributed by atoms with Crippen LogP contribution in [-0.2, 0) is 21.0 Å². The number of aliphatic hydroxyl groups excluding tert-OH is 1. The minimum Gasteiger partial charge on any atom is -0.492 e. The maximum Gasteiger partial charge on any atom is 0.249 e. The Bertz CT molecular complexity index is 1500. The first-order valence-electron chi connectivity index (χ1n) is 15.4. The summed E-state index contributed by atoms with van der Waals surface area (Å²) in [6.45, 7) is 8.18. The van der Waals surface area contributed by atoms with Crippen LogP contribution in [0.2, 0.25) is 0 Å². The summed E-state index contributed by atoms with van der Waals surface area (Å²) >= 11 is 0. The number of carbonyl (C=O) groups excluding carboxylic acids is 1. The first kappa shape index (κ1) is 32.0. The molecule has 3 N–H and O–H groups in total. The molecule has 3 aromatic carbocycles. The van der Waals surface area contributed by atoms with E-state index in [1.54, 1.807) is 37.3 Å². The molecule has 2 saturated heterocycles. The van der Waals surface area contributed by atoms with Crippen molar-refractivity contribution in [2.24, 2.45) is 11.7 Å². The van der Waals surface area contributed by atoms with Crippen LogP contribution in [-0.4, -0.2) is 89.2 Å². The van der Waals surface area contributed by atoms with Gasteiger partial charge in [0.15, 0.2) is 9.84 Å². The molecule has 0 aliphatic carbocycles. The number of primary amides is 1. The predicted molar refractivity (Wildman–Crippen MR) is 171 cm³/mol. The van der Waals surface area contributed by atoms with Crippen LogP contribution in [0.5, 0.6) is 5.75 Å². The van der Waals surface area contributed by atoms with Crippen LogP contribution < -0.4 is 15.4 Å². The highest BCUT2D eigenvalue weighted by molar-refractivity contribution is 7.91. The van der Waals surface area contributed by atoms with E-state index in [4.69, 9.17) is 15.2 Å². The summed E-state index contributed by atoms with van der Waals surface area (Å²) in [7, 11) is -3.34. The van der Waals surface area contributed by atoms with Crippen molar-refractivity contribution in [3.8, 4) is 5.75 Å². The Morgan fingerprint density at radius 3 is 2.43 bits per heavy atom. The number of hydrogen-bond acceptors (Lipinski definition) is 8. The zero-order chi connectivity index (χ0) is 31.1. The first-order chi connectivity index (χ1) is 21.3. The lowest BCUT2D eigenvalue weighted by Gasteiger charge is -2.26. The average molecular weight is 622 g/mol. The van der Waals surface area contributed by atoms with Crippen LogP contribution in [0.3, 0.4) is 0 Å². The minimum absolute atomic E-state index is 0.00985. The second kappa shape index (κ2) is 14.6. The Kier molecular flexibility index (Phi) is 10.6. The molecule has 1 amide bonds. The Labute approximate surface area is 260 Å². The molecule has 10 heteroatoms. The zero-order valence-corrected chi connectivity index (χ0v) is 26.2. The second-order valence-electron chi connectivity index (χ2n) is 11.6. The highest BCUT2D eigenvalue weighted by atomic mass is 32.2. The van der Waals surface area contributed by atoms with Crippen molar-refractivity contribution in [2.75, 3.05) is 69.8 Å². The van der Waals surface area contributed by atoms with E-state index in [1.165, 1.54) is 5.56 Å². The van der Waals surface area contributed by atoms with Crippen molar-refractivity contribution in [3.63, 3.8) is 0 Å². The highest BCUT2D eigenvalue weighted by Gasteiger charge is 2.26. The molecule has 2 fully saturated rings. The van der Waals surface area contributed by atoms with Crippen molar-refractivity contribution in [1.82, 2.24) is 4.90 Å². The van der Waals surface area contributed by atoms with Gasteiger partial charge >= 0.3 is 0 Å². The van der Waals surface area contributed by atoms with E-state index in [0.717, 1.165) is 75.8 Å². The van der Waals surface area contributed by atoms with Crippen LogP contribution in [0.15, 0.2) is 71.6 Å². The lowest BCUT2D eigenvalue weighted by molar-refractivity contribution is 0.0322. The molecule has 0 aromatic heterocycles. The zero-order valence-electron chi connectivity index (χ0n) is 25.4. The molecule has 0 bridgehead atoms. The molecule has 0 spiro atoms. The molecule has 1 unspecified atom stereocenters. The number of rotatable bonds is 13. The smallest absolute Gasteiger partial charge is 0.249 e. The summed E-state index contributed by atoms with van der Waals surface area (Å²) in [4.78, 5) is 17.3. The van der Waals surface area contributed by atoms with E-state index < -0.39 is 21.7 Å². The summed E-state index contributed by atoms with van der Waals surface area (Å²) in [6.07, 6.45) is 2.00. The maximum absolute atomic E-state index is 12.4. The molecule has 3 aromatic rings. The SMILES string of the molecule is CCS(=O)(=O)c1ccc([C@@H](CO)c2cc(N3CCC(Cc4ccc(OCCN5CCOCC5)cc4)C3)ccc2C(N)=O)cc1. The number of ether oxygens (including phenoxy) is 2. The standard InChI is InChI=1S/C34H43N3O6S/c1-2-44(40,41)30-10-5-27(6-11-30)33(24-38)32-22-28(7-12-31(32)34(35)39)37-14-13-26(23-37)21-25-3-8-29(9-4-25)43-20-17-36-15-18-42-19-16-36/h3-12,22,26,33,38H,2,13-21,23-24H2,1H3,(H2,35,39)/t26?,33-/m1/s1. The fourth-order valence-electron chi connectivity index (χ4n) is 6.12. The molecule has 236 valence electrons. The fraction of sp³-hybridized carbons (Fsp3) is 0.441. The van der Waals surface area contributed by atoms with E-state index in [2.05, 4.69) is 34.1 Å². The second-order valence-corrected chi connectivity index (χ2v) is 13.9. The van der Waals surface area contributed by atoms with Crippen LogP contribution in [0.4, 0.5) is 5.69 Å². The number of aliphatic hydroxyl groups is 1. The summed E-state index contributed by atoms with van der Waals surface area (Å²) < 4.78 is 35.9. The molecule has 44 heavy (non-hydrogen) atoms. The van der Waals surface area contributed by atoms with Crippen molar-refractivity contribution >= 4 is 21.4 Å². The molecule has 2 aliphatic rings. The van der Waals surface area contributed by atoms with E-state index in [0.29, 0.717) is 23.7 Å². The number of anilines is 1. The third-order valence-corrected chi connectivity index (χ3v) is 10.5. The largest absolute Gasteiger partial charge is 0.492 e. The van der Waals surface area contributed by atoms with Gasteiger partial charge in [-0.2, -0.15) is 0 Å². The predicted octanol–water partition coefficient (Wildman–Crippen LogP) is 3.48. The Hall–Kier alpha value is -3.44. The fourth-order valence-corrected chi connectivity index (χ4v) is 7.01. The van der Waals surface area contributed by atoms with Crippen molar-refractivity contribution in [1.29, 1.82) is 0 Å². The van der Waals surface area contributed by atoms with Gasteiger partial charge in [0.2, 0.25) is 5.91 Å². The van der Waals surface area contributed by atoms with E-state index in [9.17, 15) is 18.3 Å². The summed E-state index contributed by atoms with van der Waals surface area (Å²) in [5.74, 6) is 0.281. The van der Waals surface area contributed by atoms with E-state index in [1.807, 2.05) is 12.1 Å². The summed E-state index contributed by atoms with van der Waals surface area (Å²) in [5.41, 5.74) is 9.69. The Morgan fingerprint density at radius 2 is 1.77 bits per heavy atom. The van der Waals surface area contributed by atoms with Gasteiger partial charge in [0.05, 0.1) is 30.5 Å². The van der Waals surface area contributed by atoms with Crippen LogP contribution in [0.1, 0.15) is 46.3 Å². The van der Waals surface area contributed by atoms with Crippen LogP contribution in [0, 0.1) is 5.92 Å². The van der Waals surface area contributed by atoms with Gasteiger partial charge in [-0.15, -0.1) is 0 Å². The van der Waals surface area contributed by atoms with E-state index in [-0.39, 0.29) is 17.3 Å². The van der Waals surface area contributed by atoms with Gasteiger partial charge in [-0.3, -0.25) is 9.69 Å². The van der Waals surface area contributed by atoms with Gasteiger partial charge in [-0.25, -0.2) is 8.42 Å². The first-order valence-corrected chi connectivity index (χ1v) is 17.1. The highest BCUT2D eigenvalue weighted by Crippen LogP contribution is 2.34. The molecule has 5 rings (SSSR count). The number of hydrogen-bond donors (Lipinski definition) is 2. The van der Waals surface area contributed by atoms with Crippen molar-refractivity contribution in [3.05, 3.63) is 89.0 Å². The molecule has 2 aliphatic heterocycles. The summed E-state index contributed by atoms with van der Waals surface area (Å²) in [5, 5.41) is 10.4. The number of carbonyl (C=O) groups is 1. The monoisotopic (exact) mass is 621 g/mol. The minimum atomic E-state index is -3.34. The molecule has 2 atom stereocenters. The molecular weight excluding hydrogens is 578 g/mol. The number of nitrogens with zero attached hydrogens (tertiary/aromatic N) is 2. The maximum atomic E-state index is 12.4. The van der Waals surface area contributed by atoms with Gasteiger partial charge in [0, 0.05) is 49.9 Å².